The Balaban J connectivity index is 2.16. The topological polar surface area (TPSA) is 91.7 Å². The minimum absolute atomic E-state index is 0.161. The first-order valence-electron chi connectivity index (χ1n) is 7.65. The Hall–Kier alpha value is -3.30. The maximum Gasteiger partial charge on any atom is 0.335 e. The van der Waals surface area contributed by atoms with Gasteiger partial charge in [0.1, 0.15) is 0 Å². The van der Waals surface area contributed by atoms with Crippen LogP contribution in [0.25, 0.3) is 22.3 Å². The van der Waals surface area contributed by atoms with Gasteiger partial charge in [0.05, 0.1) is 16.4 Å². The Bertz CT molecular complexity index is 992. The van der Waals surface area contributed by atoms with Crippen molar-refractivity contribution in [2.24, 2.45) is 0 Å². The molecule has 0 aromatic heterocycles. The van der Waals surface area contributed by atoms with Gasteiger partial charge in [0.2, 0.25) is 0 Å². The van der Waals surface area contributed by atoms with Crippen LogP contribution in [0, 0.1) is 0 Å². The molecular weight excluding hydrogens is 351 g/mol. The fraction of sp³-hybridized carbons (Fsp3) is 0. The first-order valence-corrected chi connectivity index (χ1v) is 8.46. The number of aromatic carboxylic acids is 2. The van der Waals surface area contributed by atoms with Gasteiger partial charge >= 0.3 is 11.9 Å². The zero-order valence-corrected chi connectivity index (χ0v) is 14.3. The molecule has 0 saturated heterocycles. The zero-order chi connectivity index (χ0) is 18.7. The number of carbonyl (C=O) groups is 2. The molecule has 0 aliphatic carbocycles. The second-order valence-corrected chi connectivity index (χ2v) is 6.22. The minimum atomic E-state index is -1.02. The lowest BCUT2D eigenvalue weighted by Gasteiger charge is -2.13. The lowest BCUT2D eigenvalue weighted by molar-refractivity contribution is 0.0686. The summed E-state index contributed by atoms with van der Waals surface area (Å²) in [6.45, 7) is 0. The van der Waals surface area contributed by atoms with Gasteiger partial charge in [-0.15, -0.1) is 0 Å². The molecule has 3 aromatic rings. The Morgan fingerprint density at radius 1 is 0.692 bits per heavy atom. The monoisotopic (exact) mass is 364 g/mol. The largest absolute Gasteiger partial charge is 0.478 e. The van der Waals surface area contributed by atoms with Crippen LogP contribution in [0.1, 0.15) is 20.7 Å². The fourth-order valence-electron chi connectivity index (χ4n) is 2.73. The molecule has 0 bridgehead atoms. The van der Waals surface area contributed by atoms with E-state index in [0.717, 1.165) is 16.7 Å². The number of hydrogen-bond acceptors (Lipinski definition) is 3. The van der Waals surface area contributed by atoms with E-state index in [2.05, 4.69) is 0 Å². The molecule has 3 rings (SSSR count). The molecule has 0 unspecified atom stereocenters. The summed E-state index contributed by atoms with van der Waals surface area (Å²) in [5, 5.41) is 18.7. The fourth-order valence-corrected chi connectivity index (χ4v) is 3.22. The summed E-state index contributed by atoms with van der Waals surface area (Å²) >= 11 is 0. The first-order chi connectivity index (χ1) is 12.5. The van der Waals surface area contributed by atoms with E-state index in [0.29, 0.717) is 10.9 Å². The SMILES string of the molecule is O=Pc1cccc(-c2ccc(C(=O)O)cc2)c1-c1ccc(C(=O)O)cc1. The lowest BCUT2D eigenvalue weighted by Crippen LogP contribution is -2.02. The van der Waals surface area contributed by atoms with Crippen LogP contribution in [0.2, 0.25) is 0 Å². The predicted octanol–water partition coefficient (Wildman–Crippen LogP) is 4.33. The molecule has 6 heteroatoms. The maximum absolute atomic E-state index is 11.6. The van der Waals surface area contributed by atoms with Gasteiger partial charge in [-0.05, 0) is 47.0 Å². The second-order valence-electron chi connectivity index (χ2n) is 5.56. The molecule has 0 amide bonds. The second kappa shape index (κ2) is 7.30. The van der Waals surface area contributed by atoms with Crippen LogP contribution in [0.4, 0.5) is 0 Å². The molecule has 0 atom stereocenters. The van der Waals surface area contributed by atoms with Gasteiger partial charge in [-0.2, -0.15) is 0 Å². The Morgan fingerprint density at radius 3 is 1.65 bits per heavy atom. The van der Waals surface area contributed by atoms with E-state index < -0.39 is 11.9 Å². The van der Waals surface area contributed by atoms with Crippen LogP contribution >= 0.6 is 8.46 Å². The van der Waals surface area contributed by atoms with E-state index in [-0.39, 0.29) is 19.6 Å². The molecule has 0 spiro atoms. The maximum atomic E-state index is 11.6. The summed E-state index contributed by atoms with van der Waals surface area (Å²) in [5.74, 6) is -2.02. The summed E-state index contributed by atoms with van der Waals surface area (Å²) in [7, 11) is -0.161. The molecule has 3 aromatic carbocycles. The quantitative estimate of drug-likeness (QED) is 0.658. The normalized spacial score (nSPS) is 10.6. The summed E-state index contributed by atoms with van der Waals surface area (Å²) in [6.07, 6.45) is 0. The Morgan fingerprint density at radius 2 is 1.19 bits per heavy atom. The van der Waals surface area contributed by atoms with Crippen molar-refractivity contribution in [2.45, 2.75) is 0 Å². The van der Waals surface area contributed by atoms with E-state index in [9.17, 15) is 14.2 Å². The van der Waals surface area contributed by atoms with Crippen molar-refractivity contribution in [3.8, 4) is 22.3 Å². The van der Waals surface area contributed by atoms with E-state index >= 15 is 0 Å². The third-order valence-corrected chi connectivity index (χ3v) is 4.57. The summed E-state index contributed by atoms with van der Waals surface area (Å²) in [6, 6.07) is 18.1. The van der Waals surface area contributed by atoms with Gasteiger partial charge in [0.15, 0.2) is 8.46 Å². The number of carboxylic acids is 2. The zero-order valence-electron chi connectivity index (χ0n) is 13.4. The van der Waals surface area contributed by atoms with E-state index in [1.54, 1.807) is 36.4 Å². The number of benzene rings is 3. The summed E-state index contributed by atoms with van der Waals surface area (Å²) < 4.78 is 11.6. The van der Waals surface area contributed by atoms with Crippen molar-refractivity contribution in [2.75, 3.05) is 0 Å². The highest BCUT2D eigenvalue weighted by Gasteiger charge is 2.14. The first kappa shape index (κ1) is 17.5. The molecule has 0 aliphatic heterocycles. The molecule has 5 nitrogen and oxygen atoms in total. The van der Waals surface area contributed by atoms with Crippen molar-refractivity contribution in [1.82, 2.24) is 0 Å². The van der Waals surface area contributed by atoms with E-state index in [4.69, 9.17) is 10.2 Å². The van der Waals surface area contributed by atoms with Gasteiger partial charge in [-0.25, -0.2) is 9.59 Å². The van der Waals surface area contributed by atoms with Crippen LogP contribution in [0.5, 0.6) is 0 Å². The number of rotatable bonds is 5. The minimum Gasteiger partial charge on any atom is -0.478 e. The van der Waals surface area contributed by atoms with Crippen molar-refractivity contribution in [1.29, 1.82) is 0 Å². The molecule has 128 valence electrons. The number of carboxylic acid groups (broad SMARTS) is 2. The summed E-state index contributed by atoms with van der Waals surface area (Å²) in [5.41, 5.74) is 3.34. The molecule has 2 N–H and O–H groups in total. The highest BCUT2D eigenvalue weighted by atomic mass is 31.1. The van der Waals surface area contributed by atoms with Crippen LogP contribution in [0.3, 0.4) is 0 Å². The van der Waals surface area contributed by atoms with Crippen LogP contribution in [-0.4, -0.2) is 22.2 Å². The standard InChI is InChI=1S/C20H13O5P/c21-19(22)14-8-4-12(5-9-14)16-2-1-3-17(26-25)18(16)13-6-10-15(11-7-13)20(23)24/h1-11H,(H,21,22)(H,23,24). The summed E-state index contributed by atoms with van der Waals surface area (Å²) in [4.78, 5) is 22.1. The number of hydrogen-bond donors (Lipinski definition) is 2. The van der Waals surface area contributed by atoms with Gasteiger partial charge in [-0.3, -0.25) is 4.57 Å². The van der Waals surface area contributed by atoms with Crippen LogP contribution in [-0.2, 0) is 4.57 Å². The average Bonchev–Trinajstić information content (AvgIpc) is 2.67. The van der Waals surface area contributed by atoms with Gasteiger partial charge in [-0.1, -0.05) is 36.4 Å². The Labute approximate surface area is 150 Å². The molecule has 0 radical (unpaired) electrons. The predicted molar refractivity (Wildman–Crippen MR) is 98.5 cm³/mol. The molecular formula is C20H13O5P. The van der Waals surface area contributed by atoms with Crippen molar-refractivity contribution in [3.05, 3.63) is 77.9 Å². The highest BCUT2D eigenvalue weighted by molar-refractivity contribution is 7.34. The van der Waals surface area contributed by atoms with Gasteiger partial charge in [0, 0.05) is 5.56 Å². The van der Waals surface area contributed by atoms with Crippen LogP contribution in [0.15, 0.2) is 66.7 Å². The van der Waals surface area contributed by atoms with Gasteiger partial charge < -0.3 is 10.2 Å². The van der Waals surface area contributed by atoms with E-state index in [1.807, 2.05) is 6.07 Å². The third kappa shape index (κ3) is 3.39. The smallest absolute Gasteiger partial charge is 0.335 e. The molecule has 0 fully saturated rings. The van der Waals surface area contributed by atoms with Gasteiger partial charge in [0.25, 0.3) is 0 Å². The molecule has 0 aliphatic rings. The molecule has 0 saturated carbocycles. The Kier molecular flexibility index (Phi) is 4.92. The molecule has 0 heterocycles. The highest BCUT2D eigenvalue weighted by Crippen LogP contribution is 2.32. The van der Waals surface area contributed by atoms with Crippen molar-refractivity contribution < 1.29 is 24.4 Å². The van der Waals surface area contributed by atoms with E-state index in [1.165, 1.54) is 24.3 Å². The van der Waals surface area contributed by atoms with Crippen molar-refractivity contribution in [3.63, 3.8) is 0 Å². The average molecular weight is 364 g/mol. The lowest BCUT2D eigenvalue weighted by atomic mass is 9.93. The molecule has 26 heavy (non-hydrogen) atoms. The third-order valence-electron chi connectivity index (χ3n) is 4.00. The van der Waals surface area contributed by atoms with Crippen molar-refractivity contribution >= 4 is 25.7 Å². The van der Waals surface area contributed by atoms with Crippen LogP contribution < -0.4 is 5.30 Å².